The van der Waals surface area contributed by atoms with Crippen LogP contribution in [0.4, 0.5) is 5.69 Å². The van der Waals surface area contributed by atoms with Gasteiger partial charge >= 0.3 is 0 Å². The molecule has 2 aromatic rings. The molecule has 0 atom stereocenters. The van der Waals surface area contributed by atoms with Crippen molar-refractivity contribution in [2.45, 2.75) is 20.5 Å². The highest BCUT2D eigenvalue weighted by Crippen LogP contribution is 2.26. The van der Waals surface area contributed by atoms with Crippen molar-refractivity contribution in [1.82, 2.24) is 0 Å². The summed E-state index contributed by atoms with van der Waals surface area (Å²) in [6.07, 6.45) is 0. The third kappa shape index (κ3) is 2.78. The van der Waals surface area contributed by atoms with Gasteiger partial charge in [0.1, 0.15) is 12.4 Å². The van der Waals surface area contributed by atoms with E-state index in [1.807, 2.05) is 25.1 Å². The molecule has 17 heavy (non-hydrogen) atoms. The monoisotopic (exact) mass is 227 g/mol. The van der Waals surface area contributed by atoms with Crippen LogP contribution in [0.1, 0.15) is 16.7 Å². The predicted octanol–water partition coefficient (Wildman–Crippen LogP) is 3.46. The van der Waals surface area contributed by atoms with Gasteiger partial charge in [0, 0.05) is 0 Å². The van der Waals surface area contributed by atoms with Crippen LogP contribution in [0, 0.1) is 13.8 Å². The summed E-state index contributed by atoms with van der Waals surface area (Å²) in [5.74, 6) is 0.785. The normalized spacial score (nSPS) is 10.2. The largest absolute Gasteiger partial charge is 0.486 e. The van der Waals surface area contributed by atoms with Crippen LogP contribution in [0.3, 0.4) is 0 Å². The first-order valence-corrected chi connectivity index (χ1v) is 5.70. The lowest BCUT2D eigenvalue weighted by Gasteiger charge is -2.11. The molecule has 2 nitrogen and oxygen atoms in total. The van der Waals surface area contributed by atoms with Crippen molar-refractivity contribution in [3.05, 3.63) is 59.2 Å². The summed E-state index contributed by atoms with van der Waals surface area (Å²) in [5, 5.41) is 0. The van der Waals surface area contributed by atoms with Gasteiger partial charge in [-0.1, -0.05) is 42.0 Å². The van der Waals surface area contributed by atoms with Crippen LogP contribution in [0.25, 0.3) is 0 Å². The molecule has 2 aromatic carbocycles. The molecule has 0 fully saturated rings. The van der Waals surface area contributed by atoms with E-state index in [9.17, 15) is 0 Å². The van der Waals surface area contributed by atoms with Gasteiger partial charge in [0.25, 0.3) is 0 Å². The molecule has 0 aliphatic rings. The first kappa shape index (κ1) is 11.5. The summed E-state index contributed by atoms with van der Waals surface area (Å²) in [5.41, 5.74) is 10.0. The van der Waals surface area contributed by atoms with Crippen molar-refractivity contribution in [3.63, 3.8) is 0 Å². The highest BCUT2D eigenvalue weighted by molar-refractivity contribution is 5.56. The lowest BCUT2D eigenvalue weighted by Crippen LogP contribution is -2.00. The molecular weight excluding hydrogens is 210 g/mol. The second-order valence-electron chi connectivity index (χ2n) is 4.27. The molecule has 0 radical (unpaired) electrons. The third-order valence-corrected chi connectivity index (χ3v) is 2.75. The average molecular weight is 227 g/mol. The zero-order valence-corrected chi connectivity index (χ0v) is 10.2. The predicted molar refractivity (Wildman–Crippen MR) is 71.1 cm³/mol. The molecule has 88 valence electrons. The van der Waals surface area contributed by atoms with Crippen molar-refractivity contribution >= 4 is 5.69 Å². The molecule has 0 saturated carbocycles. The van der Waals surface area contributed by atoms with E-state index >= 15 is 0 Å². The second kappa shape index (κ2) is 4.91. The van der Waals surface area contributed by atoms with E-state index in [-0.39, 0.29) is 0 Å². The van der Waals surface area contributed by atoms with Crippen LogP contribution < -0.4 is 10.5 Å². The number of nitrogen functional groups attached to an aromatic ring is 1. The maximum Gasteiger partial charge on any atom is 0.145 e. The fourth-order valence-electron chi connectivity index (χ4n) is 1.71. The number of hydrogen-bond donors (Lipinski definition) is 1. The smallest absolute Gasteiger partial charge is 0.145 e. The Labute approximate surface area is 102 Å². The summed E-state index contributed by atoms with van der Waals surface area (Å²) < 4.78 is 5.77. The van der Waals surface area contributed by atoms with Crippen LogP contribution in [-0.4, -0.2) is 0 Å². The molecule has 0 aliphatic heterocycles. The quantitative estimate of drug-likeness (QED) is 0.815. The van der Waals surface area contributed by atoms with Crippen molar-refractivity contribution in [3.8, 4) is 5.75 Å². The summed E-state index contributed by atoms with van der Waals surface area (Å²) in [7, 11) is 0. The van der Waals surface area contributed by atoms with E-state index in [1.54, 1.807) is 0 Å². The molecule has 2 rings (SSSR count). The van der Waals surface area contributed by atoms with Gasteiger partial charge < -0.3 is 10.5 Å². The van der Waals surface area contributed by atoms with Crippen LogP contribution in [-0.2, 0) is 6.61 Å². The first-order chi connectivity index (χ1) is 8.16. The van der Waals surface area contributed by atoms with E-state index in [2.05, 4.69) is 31.2 Å². The van der Waals surface area contributed by atoms with Crippen LogP contribution >= 0.6 is 0 Å². The van der Waals surface area contributed by atoms with Crippen LogP contribution in [0.15, 0.2) is 42.5 Å². The Hall–Kier alpha value is -1.96. The average Bonchev–Trinajstić information content (AvgIpc) is 2.31. The molecule has 0 unspecified atom stereocenters. The van der Waals surface area contributed by atoms with E-state index in [0.717, 1.165) is 16.9 Å². The van der Waals surface area contributed by atoms with Crippen LogP contribution in [0.2, 0.25) is 0 Å². The molecule has 2 N–H and O–H groups in total. The highest BCUT2D eigenvalue weighted by atomic mass is 16.5. The van der Waals surface area contributed by atoms with Crippen molar-refractivity contribution in [1.29, 1.82) is 0 Å². The maximum atomic E-state index is 5.88. The third-order valence-electron chi connectivity index (χ3n) is 2.75. The Bertz CT molecular complexity index is 483. The molecule has 0 spiro atoms. The van der Waals surface area contributed by atoms with Gasteiger partial charge in [-0.25, -0.2) is 0 Å². The molecule has 0 amide bonds. The summed E-state index contributed by atoms with van der Waals surface area (Å²) in [6, 6.07) is 14.1. The Balaban J connectivity index is 2.10. The van der Waals surface area contributed by atoms with E-state index in [0.29, 0.717) is 12.3 Å². The Morgan fingerprint density at radius 1 is 1.00 bits per heavy atom. The molecule has 2 heteroatoms. The van der Waals surface area contributed by atoms with E-state index in [4.69, 9.17) is 10.5 Å². The fourth-order valence-corrected chi connectivity index (χ4v) is 1.71. The summed E-state index contributed by atoms with van der Waals surface area (Å²) in [4.78, 5) is 0. The van der Waals surface area contributed by atoms with Crippen molar-refractivity contribution in [2.24, 2.45) is 0 Å². The zero-order chi connectivity index (χ0) is 12.3. The van der Waals surface area contributed by atoms with Gasteiger partial charge in [0.2, 0.25) is 0 Å². The molecule has 0 saturated heterocycles. The maximum absolute atomic E-state index is 5.88. The number of hydrogen-bond acceptors (Lipinski definition) is 2. The Morgan fingerprint density at radius 2 is 1.71 bits per heavy atom. The number of benzene rings is 2. The van der Waals surface area contributed by atoms with E-state index in [1.165, 1.54) is 5.56 Å². The Morgan fingerprint density at radius 3 is 2.35 bits per heavy atom. The standard InChI is InChI=1S/C15H17NO/c1-11-6-8-13(9-7-11)10-17-15-12(2)4-3-5-14(15)16/h3-9H,10,16H2,1-2H3. The number of aryl methyl sites for hydroxylation is 2. The molecule has 0 aliphatic carbocycles. The topological polar surface area (TPSA) is 35.2 Å². The number of nitrogens with two attached hydrogens (primary N) is 1. The minimum absolute atomic E-state index is 0.551. The van der Waals surface area contributed by atoms with Gasteiger partial charge in [-0.15, -0.1) is 0 Å². The fraction of sp³-hybridized carbons (Fsp3) is 0.200. The number of anilines is 1. The lowest BCUT2D eigenvalue weighted by molar-refractivity contribution is 0.306. The molecule has 0 heterocycles. The van der Waals surface area contributed by atoms with E-state index < -0.39 is 0 Å². The first-order valence-electron chi connectivity index (χ1n) is 5.70. The van der Waals surface area contributed by atoms with Gasteiger partial charge in [0.05, 0.1) is 5.69 Å². The van der Waals surface area contributed by atoms with Crippen molar-refractivity contribution < 1.29 is 4.74 Å². The molecular formula is C15H17NO. The minimum Gasteiger partial charge on any atom is -0.486 e. The number of ether oxygens (including phenoxy) is 1. The van der Waals surface area contributed by atoms with Gasteiger partial charge in [0.15, 0.2) is 0 Å². The van der Waals surface area contributed by atoms with Gasteiger partial charge in [-0.3, -0.25) is 0 Å². The molecule has 0 bridgehead atoms. The Kier molecular flexibility index (Phi) is 3.33. The van der Waals surface area contributed by atoms with Gasteiger partial charge in [-0.2, -0.15) is 0 Å². The highest BCUT2D eigenvalue weighted by Gasteiger charge is 2.03. The number of rotatable bonds is 3. The SMILES string of the molecule is Cc1ccc(COc2c(C)cccc2N)cc1. The number of para-hydroxylation sites is 1. The summed E-state index contributed by atoms with van der Waals surface area (Å²) >= 11 is 0. The van der Waals surface area contributed by atoms with Gasteiger partial charge in [-0.05, 0) is 31.0 Å². The summed E-state index contributed by atoms with van der Waals surface area (Å²) in [6.45, 7) is 4.63. The molecule has 0 aromatic heterocycles. The zero-order valence-electron chi connectivity index (χ0n) is 10.2. The lowest BCUT2D eigenvalue weighted by atomic mass is 10.1. The minimum atomic E-state index is 0.551. The second-order valence-corrected chi connectivity index (χ2v) is 4.27. The van der Waals surface area contributed by atoms with Crippen molar-refractivity contribution in [2.75, 3.05) is 5.73 Å². The van der Waals surface area contributed by atoms with Crippen LogP contribution in [0.5, 0.6) is 5.75 Å².